The van der Waals surface area contributed by atoms with Gasteiger partial charge in [-0.05, 0) is 75.3 Å². The minimum Gasteiger partial charge on any atom is -0.496 e. The number of nitrogens with zero attached hydrogens (tertiary/aromatic N) is 1. The van der Waals surface area contributed by atoms with Crippen molar-refractivity contribution in [3.05, 3.63) is 59.2 Å². The lowest BCUT2D eigenvalue weighted by molar-refractivity contribution is -0.150. The van der Waals surface area contributed by atoms with Crippen LogP contribution in [0.4, 0.5) is 4.39 Å². The molecule has 3 saturated carbocycles. The number of alkyl halides is 1. The van der Waals surface area contributed by atoms with Crippen LogP contribution in [-0.2, 0) is 9.59 Å². The van der Waals surface area contributed by atoms with Gasteiger partial charge in [0.15, 0.2) is 0 Å². The third-order valence-corrected chi connectivity index (χ3v) is 9.65. The van der Waals surface area contributed by atoms with Gasteiger partial charge >= 0.3 is 5.97 Å². The largest absolute Gasteiger partial charge is 0.496 e. The predicted octanol–water partition coefficient (Wildman–Crippen LogP) is 4.95. The van der Waals surface area contributed by atoms with E-state index in [1.54, 1.807) is 31.2 Å². The van der Waals surface area contributed by atoms with E-state index in [1.165, 1.54) is 19.2 Å². The van der Waals surface area contributed by atoms with Crippen LogP contribution in [0.2, 0.25) is 0 Å². The van der Waals surface area contributed by atoms with Crippen molar-refractivity contribution in [1.29, 1.82) is 5.26 Å². The molecule has 0 unspecified atom stereocenters. The van der Waals surface area contributed by atoms with Crippen molar-refractivity contribution in [1.82, 2.24) is 10.6 Å². The maximum absolute atomic E-state index is 14.8. The van der Waals surface area contributed by atoms with Crippen molar-refractivity contribution in [2.45, 2.75) is 70.2 Å². The number of carbonyl (C=O) groups excluding carboxylic acids is 2. The standard InChI is InChI=1S/C33H38FN3O6/c1-33(32(40)41)12-10-23(11-13-33)43-26-16-24(27(42-2)15-22(26)17-35)30(38)37-29-21-9-8-20(14-21)28(29)31(39)36-18-25(34)19-6-4-3-5-7-19/h3-7,15-16,20-21,23,25,28-29H,8-14,18H2,1-2H3,(H,36,39)(H,37,38)(H,40,41)/t20-,21+,23?,25-,28+,29-,33?/m1/s1. The van der Waals surface area contributed by atoms with Gasteiger partial charge in [0.25, 0.3) is 5.91 Å². The Balaban J connectivity index is 1.29. The Hall–Kier alpha value is -4.13. The first-order valence-corrected chi connectivity index (χ1v) is 14.9. The van der Waals surface area contributed by atoms with E-state index in [0.717, 1.165) is 19.3 Å². The molecule has 3 fully saturated rings. The van der Waals surface area contributed by atoms with Gasteiger partial charge in [-0.15, -0.1) is 0 Å². The number of carboxylic acids is 1. The highest BCUT2D eigenvalue weighted by molar-refractivity contribution is 5.98. The smallest absolute Gasteiger partial charge is 0.309 e. The fraction of sp³-hybridized carbons (Fsp3) is 0.515. The van der Waals surface area contributed by atoms with Gasteiger partial charge in [0.2, 0.25) is 5.91 Å². The second-order valence-electron chi connectivity index (χ2n) is 12.3. The van der Waals surface area contributed by atoms with E-state index in [1.807, 2.05) is 6.07 Å². The van der Waals surface area contributed by atoms with Crippen LogP contribution in [0, 0.1) is 34.5 Å². The molecule has 0 radical (unpaired) electrons. The quantitative estimate of drug-likeness (QED) is 0.355. The molecule has 0 spiro atoms. The Morgan fingerprint density at radius 2 is 1.79 bits per heavy atom. The maximum Gasteiger partial charge on any atom is 0.309 e. The SMILES string of the molecule is COc1cc(C#N)c(OC2CCC(C)(C(=O)O)CC2)cc1C(=O)N[C@@H]1[C@H]2CC[C@H](C2)[C@@H]1C(=O)NC[C@@H](F)c1ccccc1. The molecule has 5 rings (SSSR count). The number of benzene rings is 2. The van der Waals surface area contributed by atoms with Crippen LogP contribution in [0.25, 0.3) is 0 Å². The molecule has 2 amide bonds. The Morgan fingerprint density at radius 1 is 1.09 bits per heavy atom. The zero-order valence-electron chi connectivity index (χ0n) is 24.5. The molecule has 0 aromatic heterocycles. The summed E-state index contributed by atoms with van der Waals surface area (Å²) >= 11 is 0. The molecule has 0 saturated heterocycles. The Labute approximate surface area is 250 Å². The fourth-order valence-electron chi connectivity index (χ4n) is 7.02. The Morgan fingerprint density at radius 3 is 2.44 bits per heavy atom. The monoisotopic (exact) mass is 591 g/mol. The van der Waals surface area contributed by atoms with E-state index in [-0.39, 0.29) is 53.0 Å². The average Bonchev–Trinajstić information content (AvgIpc) is 3.63. The van der Waals surface area contributed by atoms with Crippen molar-refractivity contribution in [2.24, 2.45) is 23.2 Å². The van der Waals surface area contributed by atoms with Crippen molar-refractivity contribution in [3.63, 3.8) is 0 Å². The molecule has 10 heteroatoms. The molecule has 2 bridgehead atoms. The summed E-state index contributed by atoms with van der Waals surface area (Å²) < 4.78 is 26.4. The molecule has 43 heavy (non-hydrogen) atoms. The van der Waals surface area contributed by atoms with Crippen molar-refractivity contribution in [2.75, 3.05) is 13.7 Å². The number of halogens is 1. The van der Waals surface area contributed by atoms with E-state index in [2.05, 4.69) is 16.7 Å². The summed E-state index contributed by atoms with van der Waals surface area (Å²) in [6, 6.07) is 13.3. The third kappa shape index (κ3) is 6.31. The number of hydrogen-bond acceptors (Lipinski definition) is 6. The maximum atomic E-state index is 14.8. The number of methoxy groups -OCH3 is 1. The van der Waals surface area contributed by atoms with Crippen LogP contribution in [0.1, 0.15) is 79.5 Å². The first-order chi connectivity index (χ1) is 20.6. The van der Waals surface area contributed by atoms with E-state index < -0.39 is 35.4 Å². The van der Waals surface area contributed by atoms with Crippen LogP contribution in [0.15, 0.2) is 42.5 Å². The lowest BCUT2D eigenvalue weighted by atomic mass is 9.75. The second kappa shape index (κ2) is 12.6. The van der Waals surface area contributed by atoms with Crippen molar-refractivity contribution in [3.8, 4) is 17.6 Å². The molecule has 3 aliphatic rings. The average molecular weight is 592 g/mol. The molecular weight excluding hydrogens is 553 g/mol. The van der Waals surface area contributed by atoms with E-state index >= 15 is 0 Å². The van der Waals surface area contributed by atoms with Gasteiger partial charge in [-0.1, -0.05) is 30.3 Å². The number of aliphatic carboxylic acids is 1. The number of ether oxygens (including phenoxy) is 2. The zero-order valence-corrected chi connectivity index (χ0v) is 24.5. The summed E-state index contributed by atoms with van der Waals surface area (Å²) in [5.41, 5.74) is 0.0727. The Bertz CT molecular complexity index is 1400. The van der Waals surface area contributed by atoms with E-state index in [0.29, 0.717) is 31.2 Å². The predicted molar refractivity (Wildman–Crippen MR) is 155 cm³/mol. The van der Waals surface area contributed by atoms with Gasteiger partial charge in [-0.2, -0.15) is 5.26 Å². The summed E-state index contributed by atoms with van der Waals surface area (Å²) in [5, 5.41) is 25.2. The van der Waals surface area contributed by atoms with E-state index in [4.69, 9.17) is 9.47 Å². The first-order valence-electron chi connectivity index (χ1n) is 14.9. The minimum absolute atomic E-state index is 0.106. The number of fused-ring (bicyclic) bond motifs is 2. The summed E-state index contributed by atoms with van der Waals surface area (Å²) in [4.78, 5) is 38.6. The molecule has 3 aliphatic carbocycles. The van der Waals surface area contributed by atoms with E-state index in [9.17, 15) is 29.1 Å². The highest BCUT2D eigenvalue weighted by Gasteiger charge is 2.51. The molecular formula is C33H38FN3O6. The molecule has 0 heterocycles. The van der Waals surface area contributed by atoms with Gasteiger partial charge in [-0.3, -0.25) is 14.4 Å². The molecule has 2 aromatic carbocycles. The highest BCUT2D eigenvalue weighted by Crippen LogP contribution is 2.49. The number of nitriles is 1. The summed E-state index contributed by atoms with van der Waals surface area (Å²) in [5.74, 6) is -1.35. The molecule has 5 atom stereocenters. The van der Waals surface area contributed by atoms with Crippen molar-refractivity contribution >= 4 is 17.8 Å². The Kier molecular flexibility index (Phi) is 8.90. The number of hydrogen-bond donors (Lipinski definition) is 3. The van der Waals surface area contributed by atoms with Crippen LogP contribution in [0.5, 0.6) is 11.5 Å². The number of carboxylic acid groups (broad SMARTS) is 1. The number of rotatable bonds is 10. The van der Waals surface area contributed by atoms with Crippen LogP contribution >= 0.6 is 0 Å². The topological polar surface area (TPSA) is 138 Å². The normalized spacial score (nSPS) is 28.4. The zero-order chi connectivity index (χ0) is 30.7. The van der Waals surface area contributed by atoms with Crippen LogP contribution in [0.3, 0.4) is 0 Å². The van der Waals surface area contributed by atoms with Gasteiger partial charge in [0.1, 0.15) is 23.7 Å². The third-order valence-electron chi connectivity index (χ3n) is 9.65. The van der Waals surface area contributed by atoms with Gasteiger partial charge in [0.05, 0.1) is 42.2 Å². The molecule has 2 aromatic rings. The molecule has 9 nitrogen and oxygen atoms in total. The van der Waals surface area contributed by atoms with Gasteiger partial charge in [-0.25, -0.2) is 4.39 Å². The lowest BCUT2D eigenvalue weighted by Crippen LogP contribution is -2.50. The molecule has 0 aliphatic heterocycles. The summed E-state index contributed by atoms with van der Waals surface area (Å²) in [7, 11) is 1.41. The fourth-order valence-corrected chi connectivity index (χ4v) is 7.02. The number of amides is 2. The second-order valence-corrected chi connectivity index (χ2v) is 12.3. The number of carbonyl (C=O) groups is 3. The van der Waals surface area contributed by atoms with Crippen molar-refractivity contribution < 1.29 is 33.4 Å². The van der Waals surface area contributed by atoms with Crippen LogP contribution < -0.4 is 20.1 Å². The molecule has 3 N–H and O–H groups in total. The highest BCUT2D eigenvalue weighted by atomic mass is 19.1. The molecule has 228 valence electrons. The summed E-state index contributed by atoms with van der Waals surface area (Å²) in [6.45, 7) is 1.58. The van der Waals surface area contributed by atoms with Crippen LogP contribution in [-0.4, -0.2) is 48.7 Å². The summed E-state index contributed by atoms with van der Waals surface area (Å²) in [6.07, 6.45) is 2.87. The van der Waals surface area contributed by atoms with Gasteiger partial charge < -0.3 is 25.2 Å². The first kappa shape index (κ1) is 30.3. The minimum atomic E-state index is -1.33. The number of nitrogens with one attached hydrogen (secondary N) is 2. The van der Waals surface area contributed by atoms with Gasteiger partial charge in [0, 0.05) is 12.1 Å². The lowest BCUT2D eigenvalue weighted by Gasteiger charge is -2.34.